The summed E-state index contributed by atoms with van der Waals surface area (Å²) in [5.41, 5.74) is 3.23. The van der Waals surface area contributed by atoms with Crippen molar-refractivity contribution in [3.8, 4) is 5.69 Å². The molecule has 0 unspecified atom stereocenters. The van der Waals surface area contributed by atoms with Gasteiger partial charge < -0.3 is 14.7 Å². The molecule has 8 nitrogen and oxygen atoms in total. The summed E-state index contributed by atoms with van der Waals surface area (Å²) in [6.07, 6.45) is 5.36. The van der Waals surface area contributed by atoms with Crippen LogP contribution in [0.4, 0.5) is 0 Å². The van der Waals surface area contributed by atoms with Crippen LogP contribution in [-0.4, -0.2) is 63.9 Å². The van der Waals surface area contributed by atoms with Crippen molar-refractivity contribution in [3.05, 3.63) is 66.3 Å². The fourth-order valence-corrected chi connectivity index (χ4v) is 3.41. The molecule has 0 aliphatic carbocycles. The quantitative estimate of drug-likeness (QED) is 0.538. The molecule has 1 aliphatic heterocycles. The van der Waals surface area contributed by atoms with Crippen molar-refractivity contribution in [2.24, 2.45) is 4.99 Å². The molecule has 4 rings (SSSR count). The second-order valence-corrected chi connectivity index (χ2v) is 6.78. The summed E-state index contributed by atoms with van der Waals surface area (Å²) < 4.78 is 6.78. The van der Waals surface area contributed by atoms with Crippen molar-refractivity contribution in [1.82, 2.24) is 30.1 Å². The normalized spacial score (nSPS) is 15.8. The molecule has 1 saturated heterocycles. The van der Waals surface area contributed by atoms with Crippen LogP contribution in [-0.2, 0) is 13.1 Å². The van der Waals surface area contributed by atoms with Gasteiger partial charge >= 0.3 is 0 Å². The minimum atomic E-state index is 0.723. The second kappa shape index (κ2) is 8.71. The van der Waals surface area contributed by atoms with E-state index in [1.807, 2.05) is 30.1 Å². The maximum Gasteiger partial charge on any atom is 0.194 e. The zero-order valence-electron chi connectivity index (χ0n) is 16.0. The molecule has 1 aromatic carbocycles. The average Bonchev–Trinajstić information content (AvgIpc) is 3.44. The lowest BCUT2D eigenvalue weighted by molar-refractivity contribution is 0.169. The van der Waals surface area contributed by atoms with Crippen LogP contribution in [0.3, 0.4) is 0 Å². The summed E-state index contributed by atoms with van der Waals surface area (Å²) >= 11 is 0. The lowest BCUT2D eigenvalue weighted by atomic mass is 10.2. The van der Waals surface area contributed by atoms with Gasteiger partial charge in [0, 0.05) is 64.8 Å². The van der Waals surface area contributed by atoms with Crippen LogP contribution in [0.5, 0.6) is 0 Å². The van der Waals surface area contributed by atoms with Gasteiger partial charge in [-0.15, -0.1) is 0 Å². The highest BCUT2D eigenvalue weighted by Gasteiger charge is 2.20. The number of nitrogens with zero attached hydrogens (tertiary/aromatic N) is 6. The third kappa shape index (κ3) is 4.40. The Bertz CT molecular complexity index is 881. The smallest absolute Gasteiger partial charge is 0.194 e. The van der Waals surface area contributed by atoms with Gasteiger partial charge in [-0.3, -0.25) is 9.89 Å². The Kier molecular flexibility index (Phi) is 5.67. The average molecular weight is 379 g/mol. The fraction of sp³-hybridized carbons (Fsp3) is 0.350. The highest BCUT2D eigenvalue weighted by atomic mass is 16.5. The van der Waals surface area contributed by atoms with Crippen molar-refractivity contribution in [1.29, 1.82) is 0 Å². The lowest BCUT2D eigenvalue weighted by Crippen LogP contribution is -2.52. The Balaban J connectivity index is 1.30. The van der Waals surface area contributed by atoms with E-state index >= 15 is 0 Å². The highest BCUT2D eigenvalue weighted by Crippen LogP contribution is 2.11. The Morgan fingerprint density at radius 2 is 2.07 bits per heavy atom. The minimum Gasteiger partial charge on any atom is -0.364 e. The van der Waals surface area contributed by atoms with Crippen LogP contribution in [0.2, 0.25) is 0 Å². The maximum atomic E-state index is 4.92. The third-order valence-corrected chi connectivity index (χ3v) is 4.89. The number of guanidine groups is 1. The van der Waals surface area contributed by atoms with Gasteiger partial charge in [0.2, 0.25) is 0 Å². The molecule has 0 amide bonds. The molecule has 0 spiro atoms. The maximum absolute atomic E-state index is 4.92. The number of aliphatic imine (C=N–C) groups is 1. The van der Waals surface area contributed by atoms with Crippen molar-refractivity contribution in [2.75, 3.05) is 33.2 Å². The summed E-state index contributed by atoms with van der Waals surface area (Å²) in [5, 5.41) is 11.8. The van der Waals surface area contributed by atoms with E-state index in [2.05, 4.69) is 54.6 Å². The van der Waals surface area contributed by atoms with Crippen molar-refractivity contribution >= 4 is 5.96 Å². The lowest BCUT2D eigenvalue weighted by Gasteiger charge is -2.36. The first-order valence-corrected chi connectivity index (χ1v) is 9.48. The Morgan fingerprint density at radius 1 is 1.18 bits per heavy atom. The fourth-order valence-electron chi connectivity index (χ4n) is 3.41. The van der Waals surface area contributed by atoms with Crippen LogP contribution >= 0.6 is 0 Å². The first kappa shape index (κ1) is 18.2. The number of aromatic nitrogens is 3. The first-order valence-electron chi connectivity index (χ1n) is 9.48. The molecule has 1 fully saturated rings. The van der Waals surface area contributed by atoms with Gasteiger partial charge in [0.15, 0.2) is 5.96 Å². The number of rotatable bonds is 5. The molecule has 0 bridgehead atoms. The first-order chi connectivity index (χ1) is 13.8. The van der Waals surface area contributed by atoms with Crippen LogP contribution < -0.4 is 5.32 Å². The monoisotopic (exact) mass is 379 g/mol. The molecule has 28 heavy (non-hydrogen) atoms. The van der Waals surface area contributed by atoms with Crippen LogP contribution in [0.15, 0.2) is 64.6 Å². The highest BCUT2D eigenvalue weighted by molar-refractivity contribution is 5.80. The van der Waals surface area contributed by atoms with E-state index in [0.29, 0.717) is 0 Å². The van der Waals surface area contributed by atoms with Crippen molar-refractivity contribution in [3.63, 3.8) is 0 Å². The Labute approximate surface area is 164 Å². The van der Waals surface area contributed by atoms with Gasteiger partial charge in [0.1, 0.15) is 6.26 Å². The molecule has 0 saturated carbocycles. The standard InChI is InChI=1S/C20H25N7O/c1-21-20(26-11-9-25(10-12-26)16-18-6-13-28-24-18)22-15-17-4-2-5-19(14-17)27-8-3-7-23-27/h2-8,13-14H,9-12,15-16H2,1H3,(H,21,22). The van der Waals surface area contributed by atoms with Crippen molar-refractivity contribution < 1.29 is 4.52 Å². The summed E-state index contributed by atoms with van der Waals surface area (Å²) in [6.45, 7) is 5.37. The van der Waals surface area contributed by atoms with Crippen LogP contribution in [0, 0.1) is 0 Å². The number of piperazine rings is 1. The topological polar surface area (TPSA) is 74.7 Å². The SMILES string of the molecule is CN=C(NCc1cccc(-n2cccn2)c1)N1CCN(Cc2ccon2)CC1. The zero-order chi connectivity index (χ0) is 19.2. The zero-order valence-corrected chi connectivity index (χ0v) is 16.0. The summed E-state index contributed by atoms with van der Waals surface area (Å²) in [4.78, 5) is 9.15. The van der Waals surface area contributed by atoms with E-state index in [9.17, 15) is 0 Å². The molecular weight excluding hydrogens is 354 g/mol. The predicted octanol–water partition coefficient (Wildman–Crippen LogP) is 1.75. The molecule has 3 aromatic rings. The number of hydrogen-bond acceptors (Lipinski definition) is 5. The van der Waals surface area contributed by atoms with Gasteiger partial charge in [-0.05, 0) is 23.8 Å². The number of benzene rings is 1. The van der Waals surface area contributed by atoms with Gasteiger partial charge in [0.05, 0.1) is 11.4 Å². The molecule has 1 N–H and O–H groups in total. The molecule has 2 aromatic heterocycles. The summed E-state index contributed by atoms with van der Waals surface area (Å²) in [6, 6.07) is 12.2. The van der Waals surface area contributed by atoms with Crippen molar-refractivity contribution in [2.45, 2.75) is 13.1 Å². The molecule has 0 atom stereocenters. The van der Waals surface area contributed by atoms with Gasteiger partial charge in [-0.25, -0.2) is 4.68 Å². The number of hydrogen-bond donors (Lipinski definition) is 1. The Hall–Kier alpha value is -3.13. The molecule has 146 valence electrons. The largest absolute Gasteiger partial charge is 0.364 e. The summed E-state index contributed by atoms with van der Waals surface area (Å²) in [5.74, 6) is 0.936. The van der Waals surface area contributed by atoms with E-state index in [1.54, 1.807) is 12.5 Å². The molecule has 8 heteroatoms. The van der Waals surface area contributed by atoms with E-state index in [-0.39, 0.29) is 0 Å². The molecular formula is C20H25N7O. The molecule has 3 heterocycles. The van der Waals surface area contributed by atoms with Crippen LogP contribution in [0.25, 0.3) is 5.69 Å². The van der Waals surface area contributed by atoms with E-state index in [1.165, 1.54) is 5.56 Å². The Morgan fingerprint density at radius 3 is 2.79 bits per heavy atom. The second-order valence-electron chi connectivity index (χ2n) is 6.78. The minimum absolute atomic E-state index is 0.723. The molecule has 0 radical (unpaired) electrons. The molecule has 1 aliphatic rings. The van der Waals surface area contributed by atoms with Gasteiger partial charge in [0.25, 0.3) is 0 Å². The predicted molar refractivity (Wildman–Crippen MR) is 107 cm³/mol. The van der Waals surface area contributed by atoms with Gasteiger partial charge in [-0.2, -0.15) is 5.10 Å². The van der Waals surface area contributed by atoms with E-state index in [4.69, 9.17) is 4.52 Å². The third-order valence-electron chi connectivity index (χ3n) is 4.89. The number of nitrogens with one attached hydrogen (secondary N) is 1. The van der Waals surface area contributed by atoms with E-state index < -0.39 is 0 Å². The van der Waals surface area contributed by atoms with Gasteiger partial charge in [-0.1, -0.05) is 17.3 Å². The summed E-state index contributed by atoms with van der Waals surface area (Å²) in [7, 11) is 1.84. The van der Waals surface area contributed by atoms with E-state index in [0.717, 1.165) is 56.6 Å². The van der Waals surface area contributed by atoms with Crippen LogP contribution in [0.1, 0.15) is 11.3 Å².